The summed E-state index contributed by atoms with van der Waals surface area (Å²) < 4.78 is 10.6. The summed E-state index contributed by atoms with van der Waals surface area (Å²) in [5.41, 5.74) is -0.273. The van der Waals surface area contributed by atoms with E-state index in [0.717, 1.165) is 37.7 Å². The first-order valence-electron chi connectivity index (χ1n) is 6.70. The number of hydrogen-bond acceptors (Lipinski definition) is 8. The lowest BCUT2D eigenvalue weighted by atomic mass is 9.83. The van der Waals surface area contributed by atoms with Crippen molar-refractivity contribution in [2.45, 2.75) is 10.9 Å². The monoisotopic (exact) mass is 316 g/mol. The third-order valence-electron chi connectivity index (χ3n) is 4.55. The van der Waals surface area contributed by atoms with Crippen molar-refractivity contribution < 1.29 is 19.1 Å². The maximum atomic E-state index is 11.8. The maximum absolute atomic E-state index is 11.8. The Morgan fingerprint density at radius 3 is 1.45 bits per heavy atom. The number of ether oxygens (including phenoxy) is 2. The molecule has 4 aliphatic heterocycles. The molecule has 4 rings (SSSR count). The van der Waals surface area contributed by atoms with E-state index in [1.54, 1.807) is 23.5 Å². The summed E-state index contributed by atoms with van der Waals surface area (Å²) in [7, 11) is 0. The van der Waals surface area contributed by atoms with Crippen molar-refractivity contribution in [3.8, 4) is 0 Å². The molecule has 4 heterocycles. The minimum atomic E-state index is -0.844. The molecule has 2 unspecified atom stereocenters. The maximum Gasteiger partial charge on any atom is 0.418 e. The van der Waals surface area contributed by atoms with Gasteiger partial charge in [-0.2, -0.15) is 0 Å². The molecular formula is C12H16N2O4S2. The fourth-order valence-electron chi connectivity index (χ4n) is 2.81. The largest absolute Gasteiger partial charge is 0.442 e. The average Bonchev–Trinajstić information content (AvgIpc) is 2.25. The summed E-state index contributed by atoms with van der Waals surface area (Å²) in [6.45, 7) is 3.45. The van der Waals surface area contributed by atoms with Gasteiger partial charge in [-0.25, -0.2) is 9.59 Å². The molecule has 20 heavy (non-hydrogen) atoms. The van der Waals surface area contributed by atoms with E-state index < -0.39 is 11.9 Å². The Labute approximate surface area is 125 Å². The number of esters is 2. The van der Waals surface area contributed by atoms with Gasteiger partial charge < -0.3 is 20.1 Å². The normalized spacial score (nSPS) is 35.2. The van der Waals surface area contributed by atoms with E-state index in [2.05, 4.69) is 10.6 Å². The van der Waals surface area contributed by atoms with Gasteiger partial charge in [0.15, 0.2) is 10.9 Å². The standard InChI is InChI=1S/C12H16N2O4S2/c15-7(17-9-11(5-19-9)1-13-2-11)8(16)18-10-12(6-20-10)3-14-4-12/h9-10,13-14H,1-6H2. The first-order valence-corrected chi connectivity index (χ1v) is 8.80. The highest BCUT2D eigenvalue weighted by Gasteiger charge is 2.56. The summed E-state index contributed by atoms with van der Waals surface area (Å²) in [5.74, 6) is 0.285. The first kappa shape index (κ1) is 13.2. The number of hydrogen-bond donors (Lipinski definition) is 2. The summed E-state index contributed by atoms with van der Waals surface area (Å²) in [6, 6.07) is 0. The SMILES string of the molecule is O=C(OC1SCC12CNC2)C(=O)OC1SCC12CNC2. The lowest BCUT2D eigenvalue weighted by molar-refractivity contribution is -0.177. The van der Waals surface area contributed by atoms with E-state index in [4.69, 9.17) is 9.47 Å². The average molecular weight is 316 g/mol. The quantitative estimate of drug-likeness (QED) is 0.517. The van der Waals surface area contributed by atoms with Crippen LogP contribution in [0.15, 0.2) is 0 Å². The van der Waals surface area contributed by atoms with Crippen molar-refractivity contribution in [1.82, 2.24) is 10.6 Å². The predicted molar refractivity (Wildman–Crippen MR) is 75.3 cm³/mol. The van der Waals surface area contributed by atoms with Crippen molar-refractivity contribution >= 4 is 35.5 Å². The smallest absolute Gasteiger partial charge is 0.418 e. The molecule has 2 spiro atoms. The van der Waals surface area contributed by atoms with Crippen molar-refractivity contribution in [2.24, 2.45) is 10.8 Å². The Bertz CT molecular complexity index is 411. The van der Waals surface area contributed by atoms with E-state index >= 15 is 0 Å². The molecule has 0 aromatic rings. The van der Waals surface area contributed by atoms with Gasteiger partial charge in [0.2, 0.25) is 0 Å². The summed E-state index contributed by atoms with van der Waals surface area (Å²) in [6.07, 6.45) is 0. The molecule has 6 nitrogen and oxygen atoms in total. The third-order valence-corrected chi connectivity index (χ3v) is 7.83. The van der Waals surface area contributed by atoms with Crippen LogP contribution in [-0.4, -0.2) is 60.5 Å². The van der Waals surface area contributed by atoms with Gasteiger partial charge in [0.25, 0.3) is 0 Å². The van der Waals surface area contributed by atoms with Gasteiger partial charge in [0, 0.05) is 37.7 Å². The topological polar surface area (TPSA) is 76.7 Å². The first-order chi connectivity index (χ1) is 9.64. The van der Waals surface area contributed by atoms with Crippen LogP contribution in [-0.2, 0) is 19.1 Å². The van der Waals surface area contributed by atoms with E-state index in [1.165, 1.54) is 0 Å². The van der Waals surface area contributed by atoms with Crippen LogP contribution in [0.2, 0.25) is 0 Å². The van der Waals surface area contributed by atoms with Crippen LogP contribution < -0.4 is 10.6 Å². The van der Waals surface area contributed by atoms with Crippen molar-refractivity contribution in [1.29, 1.82) is 0 Å². The van der Waals surface area contributed by atoms with Crippen LogP contribution in [0.3, 0.4) is 0 Å². The van der Waals surface area contributed by atoms with Crippen LogP contribution in [0.25, 0.3) is 0 Å². The molecule has 0 aromatic carbocycles. The molecule has 8 heteroatoms. The van der Waals surface area contributed by atoms with Gasteiger partial charge >= 0.3 is 11.9 Å². The van der Waals surface area contributed by atoms with Crippen LogP contribution in [0.5, 0.6) is 0 Å². The molecule has 0 amide bonds. The Morgan fingerprint density at radius 1 is 0.850 bits per heavy atom. The van der Waals surface area contributed by atoms with Crippen LogP contribution >= 0.6 is 23.5 Å². The molecule has 4 fully saturated rings. The molecule has 4 saturated heterocycles. The molecule has 0 bridgehead atoms. The zero-order valence-corrected chi connectivity index (χ0v) is 12.5. The van der Waals surface area contributed by atoms with Gasteiger partial charge in [-0.15, -0.1) is 23.5 Å². The van der Waals surface area contributed by atoms with Gasteiger partial charge in [-0.3, -0.25) is 0 Å². The van der Waals surface area contributed by atoms with Gasteiger partial charge in [0.05, 0.1) is 10.8 Å². The molecular weight excluding hydrogens is 300 g/mol. The molecule has 2 atom stereocenters. The Balaban J connectivity index is 1.29. The fourth-order valence-corrected chi connectivity index (χ4v) is 5.41. The van der Waals surface area contributed by atoms with E-state index in [9.17, 15) is 9.59 Å². The fraction of sp³-hybridized carbons (Fsp3) is 0.833. The van der Waals surface area contributed by atoms with Gasteiger partial charge in [-0.05, 0) is 0 Å². The second kappa shape index (κ2) is 4.53. The summed E-state index contributed by atoms with van der Waals surface area (Å²) in [5, 5.41) is 6.36. The molecule has 2 N–H and O–H groups in total. The molecule has 0 saturated carbocycles. The minimum Gasteiger partial charge on any atom is -0.442 e. The zero-order chi connectivity index (χ0) is 13.8. The highest BCUT2D eigenvalue weighted by atomic mass is 32.2. The second-order valence-corrected chi connectivity index (χ2v) is 8.13. The molecule has 0 aliphatic carbocycles. The van der Waals surface area contributed by atoms with Crippen molar-refractivity contribution in [2.75, 3.05) is 37.7 Å². The van der Waals surface area contributed by atoms with Crippen LogP contribution in [0.4, 0.5) is 0 Å². The Kier molecular flexibility index (Phi) is 3.00. The third kappa shape index (κ3) is 1.81. The van der Waals surface area contributed by atoms with E-state index in [-0.39, 0.29) is 21.7 Å². The summed E-state index contributed by atoms with van der Waals surface area (Å²) >= 11 is 3.16. The summed E-state index contributed by atoms with van der Waals surface area (Å²) in [4.78, 5) is 23.6. The molecule has 0 radical (unpaired) electrons. The lowest BCUT2D eigenvalue weighted by Gasteiger charge is -2.54. The van der Waals surface area contributed by atoms with Crippen LogP contribution in [0.1, 0.15) is 0 Å². The van der Waals surface area contributed by atoms with Gasteiger partial charge in [-0.1, -0.05) is 0 Å². The van der Waals surface area contributed by atoms with Gasteiger partial charge in [0.1, 0.15) is 0 Å². The highest BCUT2D eigenvalue weighted by Crippen LogP contribution is 2.50. The molecule has 110 valence electrons. The number of carbonyl (C=O) groups is 2. The minimum absolute atomic E-state index is 0.0605. The predicted octanol–water partition coefficient (Wildman–Crippen LogP) is -0.602. The van der Waals surface area contributed by atoms with Crippen molar-refractivity contribution in [3.63, 3.8) is 0 Å². The van der Waals surface area contributed by atoms with Crippen molar-refractivity contribution in [3.05, 3.63) is 0 Å². The number of carbonyl (C=O) groups excluding carboxylic acids is 2. The zero-order valence-electron chi connectivity index (χ0n) is 10.8. The molecule has 4 aliphatic rings. The number of rotatable bonds is 2. The highest BCUT2D eigenvalue weighted by molar-refractivity contribution is 8.01. The molecule has 0 aromatic heterocycles. The van der Waals surface area contributed by atoms with E-state index in [1.807, 2.05) is 0 Å². The number of nitrogens with one attached hydrogen (secondary N) is 2. The lowest BCUT2D eigenvalue weighted by Crippen LogP contribution is -2.67. The Hall–Kier alpha value is -0.440. The number of thioether (sulfide) groups is 2. The van der Waals surface area contributed by atoms with E-state index in [0.29, 0.717) is 0 Å². The second-order valence-electron chi connectivity index (χ2n) is 6.03. The van der Waals surface area contributed by atoms with Crippen LogP contribution in [0, 0.1) is 10.8 Å². The Morgan fingerprint density at radius 2 is 1.25 bits per heavy atom.